The van der Waals surface area contributed by atoms with Gasteiger partial charge in [-0.15, -0.1) is 0 Å². The lowest BCUT2D eigenvalue weighted by molar-refractivity contribution is -0.149. The van der Waals surface area contributed by atoms with Gasteiger partial charge >= 0.3 is 12.0 Å². The molecule has 0 aliphatic rings. The molecule has 2 rings (SSSR count). The number of hydrogen-bond donors (Lipinski definition) is 2. The Hall–Kier alpha value is -3.13. The largest absolute Gasteiger partial charge is 0.449 e. The van der Waals surface area contributed by atoms with Gasteiger partial charge in [0.25, 0.3) is 5.91 Å². The van der Waals surface area contributed by atoms with Crippen LogP contribution in [0.2, 0.25) is 5.02 Å². The quantitative estimate of drug-likeness (QED) is 0.554. The molecule has 0 bridgehead atoms. The van der Waals surface area contributed by atoms with Gasteiger partial charge in [0, 0.05) is 29.4 Å². The normalized spacial score (nSPS) is 11.9. The highest BCUT2D eigenvalue weighted by molar-refractivity contribution is 6.31. The predicted molar refractivity (Wildman–Crippen MR) is 109 cm³/mol. The van der Waals surface area contributed by atoms with E-state index in [0.29, 0.717) is 11.6 Å². The molecule has 0 aliphatic carbocycles. The molecule has 0 fully saturated rings. The summed E-state index contributed by atoms with van der Waals surface area (Å²) in [6.45, 7) is 5.60. The minimum absolute atomic E-state index is 0.501. The molecule has 0 saturated heterocycles. The van der Waals surface area contributed by atoms with E-state index in [2.05, 4.69) is 10.4 Å². The van der Waals surface area contributed by atoms with Gasteiger partial charge in [-0.25, -0.2) is 9.59 Å². The summed E-state index contributed by atoms with van der Waals surface area (Å²) >= 11 is 6.22. The standard InChI is InChI=1S/C20H23ClN4O4/c1-12-16(9-10-18(26)29-14(3)19(27)23-20(28)22-4)13(2)25(24-12)11-15-7-5-6-8-17(15)21/h5-10,14H,11H2,1-4H3,(H2,22,23,27,28)/b10-9+/t14-/m0/s1. The minimum atomic E-state index is -1.12. The highest BCUT2D eigenvalue weighted by atomic mass is 35.5. The van der Waals surface area contributed by atoms with Crippen LogP contribution in [0.1, 0.15) is 29.4 Å². The van der Waals surface area contributed by atoms with Crippen molar-refractivity contribution >= 4 is 35.6 Å². The lowest BCUT2D eigenvalue weighted by atomic mass is 10.1. The van der Waals surface area contributed by atoms with Crippen LogP contribution >= 0.6 is 11.6 Å². The Morgan fingerprint density at radius 1 is 1.28 bits per heavy atom. The molecule has 8 nitrogen and oxygen atoms in total. The van der Waals surface area contributed by atoms with Crippen molar-refractivity contribution in [2.45, 2.75) is 33.4 Å². The van der Waals surface area contributed by atoms with Gasteiger partial charge in [0.05, 0.1) is 12.2 Å². The lowest BCUT2D eigenvalue weighted by Crippen LogP contribution is -2.43. The third-order valence-corrected chi connectivity index (χ3v) is 4.60. The highest BCUT2D eigenvalue weighted by Gasteiger charge is 2.18. The summed E-state index contributed by atoms with van der Waals surface area (Å²) in [7, 11) is 1.37. The topological polar surface area (TPSA) is 102 Å². The average molecular weight is 419 g/mol. The Balaban J connectivity index is 2.06. The monoisotopic (exact) mass is 418 g/mol. The first-order chi connectivity index (χ1) is 13.7. The number of aromatic nitrogens is 2. The van der Waals surface area contributed by atoms with Crippen molar-refractivity contribution in [2.24, 2.45) is 0 Å². The maximum atomic E-state index is 12.0. The summed E-state index contributed by atoms with van der Waals surface area (Å²) in [5.74, 6) is -1.42. The van der Waals surface area contributed by atoms with Gasteiger partial charge in [-0.1, -0.05) is 29.8 Å². The smallest absolute Gasteiger partial charge is 0.331 e. The molecule has 0 spiro atoms. The maximum Gasteiger partial charge on any atom is 0.331 e. The highest BCUT2D eigenvalue weighted by Crippen LogP contribution is 2.20. The van der Waals surface area contributed by atoms with Crippen LogP contribution in [0.3, 0.4) is 0 Å². The number of aryl methyl sites for hydroxylation is 1. The van der Waals surface area contributed by atoms with E-state index in [1.807, 2.05) is 43.4 Å². The molecule has 2 aromatic rings. The number of rotatable bonds is 6. The molecule has 0 radical (unpaired) electrons. The number of carbonyl (C=O) groups excluding carboxylic acids is 3. The molecule has 9 heteroatoms. The van der Waals surface area contributed by atoms with Crippen LogP contribution in [0.15, 0.2) is 30.3 Å². The number of ether oxygens (including phenoxy) is 1. The van der Waals surface area contributed by atoms with E-state index in [-0.39, 0.29) is 0 Å². The fraction of sp³-hybridized carbons (Fsp3) is 0.300. The minimum Gasteiger partial charge on any atom is -0.449 e. The van der Waals surface area contributed by atoms with Crippen LogP contribution in [-0.2, 0) is 20.9 Å². The molecular formula is C20H23ClN4O4. The van der Waals surface area contributed by atoms with E-state index in [1.54, 1.807) is 10.8 Å². The summed E-state index contributed by atoms with van der Waals surface area (Å²) in [5.41, 5.74) is 3.31. The number of carbonyl (C=O) groups is 3. The van der Waals surface area contributed by atoms with Crippen LogP contribution in [0, 0.1) is 13.8 Å². The number of esters is 1. The summed E-state index contributed by atoms with van der Waals surface area (Å²) < 4.78 is 6.82. The second-order valence-electron chi connectivity index (χ2n) is 6.31. The van der Waals surface area contributed by atoms with Crippen molar-refractivity contribution in [1.29, 1.82) is 0 Å². The molecule has 1 aromatic carbocycles. The predicted octanol–water partition coefficient (Wildman–Crippen LogP) is 2.60. The molecule has 1 aromatic heterocycles. The molecule has 3 amide bonds. The molecule has 154 valence electrons. The number of nitrogens with zero attached hydrogens (tertiary/aromatic N) is 2. The summed E-state index contributed by atoms with van der Waals surface area (Å²) in [4.78, 5) is 34.9. The molecule has 2 N–H and O–H groups in total. The molecule has 1 heterocycles. The van der Waals surface area contributed by atoms with Gasteiger partial charge in [-0.2, -0.15) is 5.10 Å². The zero-order valence-electron chi connectivity index (χ0n) is 16.7. The molecular weight excluding hydrogens is 396 g/mol. The van der Waals surface area contributed by atoms with Crippen molar-refractivity contribution in [2.75, 3.05) is 7.05 Å². The summed E-state index contributed by atoms with van der Waals surface area (Å²) in [6.07, 6.45) is 1.70. The zero-order valence-corrected chi connectivity index (χ0v) is 17.4. The summed E-state index contributed by atoms with van der Waals surface area (Å²) in [6, 6.07) is 6.84. The first-order valence-corrected chi connectivity index (χ1v) is 9.29. The van der Waals surface area contributed by atoms with Crippen molar-refractivity contribution in [1.82, 2.24) is 20.4 Å². The average Bonchev–Trinajstić information content (AvgIpc) is 2.94. The number of imide groups is 1. The van der Waals surface area contributed by atoms with Crippen molar-refractivity contribution < 1.29 is 19.1 Å². The number of amides is 3. The Bertz CT molecular complexity index is 952. The fourth-order valence-electron chi connectivity index (χ4n) is 2.59. The molecule has 0 saturated carbocycles. The van der Waals surface area contributed by atoms with Gasteiger partial charge in [0.2, 0.25) is 0 Å². The second-order valence-corrected chi connectivity index (χ2v) is 6.72. The molecule has 29 heavy (non-hydrogen) atoms. The number of halogens is 1. The third-order valence-electron chi connectivity index (χ3n) is 4.23. The summed E-state index contributed by atoms with van der Waals surface area (Å²) in [5, 5.41) is 9.45. The van der Waals surface area contributed by atoms with E-state index in [9.17, 15) is 14.4 Å². The Kier molecular flexibility index (Phi) is 7.55. The zero-order chi connectivity index (χ0) is 21.6. The van der Waals surface area contributed by atoms with Gasteiger partial charge in [-0.05, 0) is 38.5 Å². The van der Waals surface area contributed by atoms with E-state index in [1.165, 1.54) is 20.0 Å². The van der Waals surface area contributed by atoms with Crippen molar-refractivity contribution in [3.05, 3.63) is 57.9 Å². The van der Waals surface area contributed by atoms with E-state index < -0.39 is 24.0 Å². The third kappa shape index (κ3) is 5.92. The SMILES string of the molecule is CNC(=O)NC(=O)[C@H](C)OC(=O)/C=C/c1c(C)nn(Cc2ccccc2Cl)c1C. The first-order valence-electron chi connectivity index (χ1n) is 8.91. The Morgan fingerprint density at radius 2 is 1.97 bits per heavy atom. The number of hydrogen-bond acceptors (Lipinski definition) is 5. The Morgan fingerprint density at radius 3 is 2.62 bits per heavy atom. The van der Waals surface area contributed by atoms with Gasteiger partial charge in [0.15, 0.2) is 6.10 Å². The molecule has 0 unspecified atom stereocenters. The van der Waals surface area contributed by atoms with Crippen LogP contribution < -0.4 is 10.6 Å². The van der Waals surface area contributed by atoms with Crippen LogP contribution in [0.4, 0.5) is 4.79 Å². The van der Waals surface area contributed by atoms with Crippen LogP contribution in [0.5, 0.6) is 0 Å². The van der Waals surface area contributed by atoms with Crippen molar-refractivity contribution in [3.63, 3.8) is 0 Å². The molecule has 1 atom stereocenters. The van der Waals surface area contributed by atoms with E-state index in [0.717, 1.165) is 22.5 Å². The van der Waals surface area contributed by atoms with Gasteiger partial charge in [-0.3, -0.25) is 14.8 Å². The number of benzene rings is 1. The van der Waals surface area contributed by atoms with Crippen molar-refractivity contribution in [3.8, 4) is 0 Å². The van der Waals surface area contributed by atoms with Gasteiger partial charge < -0.3 is 10.1 Å². The number of nitrogens with one attached hydrogen (secondary N) is 2. The van der Waals surface area contributed by atoms with Gasteiger partial charge in [0.1, 0.15) is 0 Å². The lowest BCUT2D eigenvalue weighted by Gasteiger charge is -2.11. The fourth-order valence-corrected chi connectivity index (χ4v) is 2.78. The Labute approximate surface area is 173 Å². The first kappa shape index (κ1) is 22.2. The van der Waals surface area contributed by atoms with Crippen LogP contribution in [-0.4, -0.2) is 40.8 Å². The van der Waals surface area contributed by atoms with E-state index in [4.69, 9.17) is 16.3 Å². The van der Waals surface area contributed by atoms with Crippen LogP contribution in [0.25, 0.3) is 6.08 Å². The second kappa shape index (κ2) is 9.88. The molecule has 0 aliphatic heterocycles. The maximum absolute atomic E-state index is 12.0. The number of urea groups is 1. The van der Waals surface area contributed by atoms with E-state index >= 15 is 0 Å².